The Labute approximate surface area is 229 Å². The summed E-state index contributed by atoms with van der Waals surface area (Å²) in [5, 5.41) is 26.1. The average molecular weight is 569 g/mol. The maximum absolute atomic E-state index is 13.0. The number of hydrogen-bond donors (Lipinski definition) is 3. The van der Waals surface area contributed by atoms with Crippen LogP contribution in [-0.2, 0) is 44.7 Å². The Kier molecular flexibility index (Phi) is 12.6. The Hall–Kier alpha value is -3.95. The lowest BCUT2D eigenvalue weighted by atomic mass is 9.97. The van der Waals surface area contributed by atoms with E-state index < -0.39 is 67.4 Å². The van der Waals surface area contributed by atoms with Gasteiger partial charge in [-0.05, 0) is 29.6 Å². The fourth-order valence-electron chi connectivity index (χ4n) is 3.84. The number of benzene rings is 1. The van der Waals surface area contributed by atoms with Crippen LogP contribution in [0.25, 0.3) is 10.4 Å². The molecule has 0 radical (unpaired) electrons. The molecule has 1 aromatic carbocycles. The number of aliphatic hydroxyl groups excluding tert-OH is 2. The molecule has 3 N–H and O–H groups in total. The van der Waals surface area contributed by atoms with E-state index in [0.717, 1.165) is 27.9 Å². The molecule has 0 saturated carbocycles. The van der Waals surface area contributed by atoms with Crippen LogP contribution in [0.1, 0.15) is 43.1 Å². The summed E-state index contributed by atoms with van der Waals surface area (Å²) in [6, 6.07) is 4.17. The van der Waals surface area contributed by atoms with E-state index in [4.69, 9.17) is 34.0 Å². The number of nitrogens with zero attached hydrogens (tertiary/aromatic N) is 3. The molecule has 1 fully saturated rings. The molecule has 1 unspecified atom stereocenters. The molecule has 0 aliphatic carbocycles. The molecule has 2 rings (SSSR count). The molecule has 0 spiro atoms. The maximum atomic E-state index is 13.0. The second kappa shape index (κ2) is 15.6. The van der Waals surface area contributed by atoms with Crippen LogP contribution in [0.4, 0.5) is 0 Å². The Morgan fingerprint density at radius 2 is 1.70 bits per heavy atom. The van der Waals surface area contributed by atoms with Gasteiger partial charge in [-0.3, -0.25) is 19.2 Å². The first kappa shape index (κ1) is 32.3. The van der Waals surface area contributed by atoms with Crippen molar-refractivity contribution < 1.29 is 57.8 Å². The van der Waals surface area contributed by atoms with E-state index in [1.54, 1.807) is 0 Å². The lowest BCUT2D eigenvalue weighted by molar-refractivity contribution is -0.318. The number of nitrogens with one attached hydrogen (secondary N) is 1. The number of carbonyl (C=O) groups is 4. The van der Waals surface area contributed by atoms with Gasteiger partial charge < -0.3 is 44.0 Å². The molecule has 0 bridgehead atoms. The van der Waals surface area contributed by atoms with Crippen molar-refractivity contribution >= 4 is 23.8 Å². The van der Waals surface area contributed by atoms with Gasteiger partial charge in [-0.15, -0.1) is 0 Å². The Morgan fingerprint density at radius 1 is 1.07 bits per heavy atom. The van der Waals surface area contributed by atoms with Crippen molar-refractivity contribution in [3.8, 4) is 5.75 Å². The fraction of sp³-hybridized carbons (Fsp3) is 0.583. The van der Waals surface area contributed by atoms with Crippen LogP contribution < -0.4 is 10.1 Å². The first-order valence-corrected chi connectivity index (χ1v) is 12.1. The normalized spacial score (nSPS) is 22.7. The standard InChI is InChI=1S/C24H32N4O12/c1-12(30)36-18-19(37-13(2)31)21(38-14(3)32)24(40-20(18)23(34)35-4)39-17-7-6-15(11-29)10-16(17)22(33)26-8-5-9-27-28-25/h6-7,10,18-21,23-24,29,34H,5,8-9,11H2,1-4H3,(H,26,33)/t18-,19-,20-,21+,23?,24+/m0/s1. The monoisotopic (exact) mass is 568 g/mol. The lowest BCUT2D eigenvalue weighted by Crippen LogP contribution is -2.65. The van der Waals surface area contributed by atoms with Crippen LogP contribution in [0, 0.1) is 0 Å². The number of amides is 1. The number of hydrogen-bond acceptors (Lipinski definition) is 13. The third kappa shape index (κ3) is 9.07. The van der Waals surface area contributed by atoms with Crippen LogP contribution in [0.3, 0.4) is 0 Å². The molecule has 16 nitrogen and oxygen atoms in total. The van der Waals surface area contributed by atoms with Gasteiger partial charge in [-0.1, -0.05) is 11.2 Å². The van der Waals surface area contributed by atoms with Crippen LogP contribution in [0.2, 0.25) is 0 Å². The molecular formula is C24H32N4O12. The Bertz CT molecular complexity index is 1110. The van der Waals surface area contributed by atoms with Gasteiger partial charge in [0.05, 0.1) is 12.2 Å². The minimum Gasteiger partial charge on any atom is -0.460 e. The lowest BCUT2D eigenvalue weighted by Gasteiger charge is -2.45. The SMILES string of the molecule is COC(O)[C@H]1O[C@@H](Oc2ccc(CO)cc2C(=O)NCCCN=[N+]=[N-])[C@H](OC(C)=O)[C@@H](OC(C)=O)[C@@H]1OC(C)=O. The van der Waals surface area contributed by atoms with Gasteiger partial charge in [-0.2, -0.15) is 0 Å². The second-order valence-electron chi connectivity index (χ2n) is 8.49. The number of azide groups is 1. The summed E-state index contributed by atoms with van der Waals surface area (Å²) < 4.78 is 32.7. The first-order chi connectivity index (χ1) is 19.0. The number of carbonyl (C=O) groups excluding carboxylic acids is 4. The van der Waals surface area contributed by atoms with Gasteiger partial charge in [0, 0.05) is 45.9 Å². The van der Waals surface area contributed by atoms with E-state index in [2.05, 4.69) is 15.3 Å². The molecule has 1 aliphatic rings. The third-order valence-corrected chi connectivity index (χ3v) is 5.46. The number of aliphatic hydroxyl groups is 2. The molecule has 1 saturated heterocycles. The van der Waals surface area contributed by atoms with Gasteiger partial charge in [0.1, 0.15) is 5.75 Å². The second-order valence-corrected chi connectivity index (χ2v) is 8.49. The van der Waals surface area contributed by atoms with Gasteiger partial charge in [0.25, 0.3) is 5.91 Å². The zero-order valence-electron chi connectivity index (χ0n) is 22.3. The van der Waals surface area contributed by atoms with Crippen molar-refractivity contribution in [2.75, 3.05) is 20.2 Å². The summed E-state index contributed by atoms with van der Waals surface area (Å²) in [6.07, 6.45) is -9.03. The smallest absolute Gasteiger partial charge is 0.303 e. The van der Waals surface area contributed by atoms with Gasteiger partial charge >= 0.3 is 17.9 Å². The van der Waals surface area contributed by atoms with Crippen LogP contribution in [-0.4, -0.2) is 91.2 Å². The zero-order valence-corrected chi connectivity index (χ0v) is 22.3. The van der Waals surface area contributed by atoms with Crippen molar-refractivity contribution in [1.29, 1.82) is 0 Å². The van der Waals surface area contributed by atoms with Crippen molar-refractivity contribution in [1.82, 2.24) is 5.32 Å². The summed E-state index contributed by atoms with van der Waals surface area (Å²) in [6.45, 7) is 3.13. The molecule has 40 heavy (non-hydrogen) atoms. The topological polar surface area (TPSA) is 225 Å². The van der Waals surface area contributed by atoms with Crippen molar-refractivity contribution in [3.63, 3.8) is 0 Å². The highest BCUT2D eigenvalue weighted by molar-refractivity contribution is 5.97. The predicted molar refractivity (Wildman–Crippen MR) is 132 cm³/mol. The van der Waals surface area contributed by atoms with Crippen LogP contribution >= 0.6 is 0 Å². The highest BCUT2D eigenvalue weighted by Gasteiger charge is 2.55. The average Bonchev–Trinajstić information content (AvgIpc) is 2.90. The Morgan fingerprint density at radius 3 is 2.27 bits per heavy atom. The van der Waals surface area contributed by atoms with Crippen molar-refractivity contribution in [3.05, 3.63) is 39.8 Å². The number of methoxy groups -OCH3 is 1. The molecule has 220 valence electrons. The summed E-state index contributed by atoms with van der Waals surface area (Å²) in [4.78, 5) is 51.5. The molecule has 1 amide bonds. The summed E-state index contributed by atoms with van der Waals surface area (Å²) in [7, 11) is 1.14. The third-order valence-electron chi connectivity index (χ3n) is 5.46. The Balaban J connectivity index is 2.51. The highest BCUT2D eigenvalue weighted by atomic mass is 16.7. The van der Waals surface area contributed by atoms with Crippen LogP contribution in [0.15, 0.2) is 23.3 Å². The molecule has 6 atom stereocenters. The fourth-order valence-corrected chi connectivity index (χ4v) is 3.84. The van der Waals surface area contributed by atoms with E-state index in [1.807, 2.05) is 0 Å². The van der Waals surface area contributed by atoms with E-state index in [9.17, 15) is 29.4 Å². The maximum Gasteiger partial charge on any atom is 0.303 e. The van der Waals surface area contributed by atoms with Crippen molar-refractivity contribution in [2.45, 2.75) is 70.8 Å². The highest BCUT2D eigenvalue weighted by Crippen LogP contribution is 2.33. The van der Waals surface area contributed by atoms with E-state index >= 15 is 0 Å². The molecule has 16 heteroatoms. The largest absolute Gasteiger partial charge is 0.460 e. The zero-order chi connectivity index (χ0) is 29.8. The van der Waals surface area contributed by atoms with E-state index in [1.165, 1.54) is 18.2 Å². The number of rotatable bonds is 13. The minimum absolute atomic E-state index is 0.0458. The number of ether oxygens (including phenoxy) is 6. The summed E-state index contributed by atoms with van der Waals surface area (Å²) >= 11 is 0. The summed E-state index contributed by atoms with van der Waals surface area (Å²) in [5.41, 5.74) is 8.71. The molecular weight excluding hydrogens is 536 g/mol. The molecule has 1 heterocycles. The summed E-state index contributed by atoms with van der Waals surface area (Å²) in [5.74, 6) is -3.20. The molecule has 1 aromatic rings. The van der Waals surface area contributed by atoms with E-state index in [-0.39, 0.29) is 24.4 Å². The van der Waals surface area contributed by atoms with Gasteiger partial charge in [0.2, 0.25) is 12.4 Å². The number of esters is 3. The van der Waals surface area contributed by atoms with E-state index in [0.29, 0.717) is 12.0 Å². The van der Waals surface area contributed by atoms with Crippen molar-refractivity contribution in [2.24, 2.45) is 5.11 Å². The van der Waals surface area contributed by atoms with Crippen LogP contribution in [0.5, 0.6) is 5.75 Å². The molecule has 0 aromatic heterocycles. The predicted octanol–water partition coefficient (Wildman–Crippen LogP) is 0.473. The van der Waals surface area contributed by atoms with Gasteiger partial charge in [0.15, 0.2) is 24.6 Å². The first-order valence-electron chi connectivity index (χ1n) is 12.1. The molecule has 1 aliphatic heterocycles. The quantitative estimate of drug-likeness (QED) is 0.0561. The van der Waals surface area contributed by atoms with Gasteiger partial charge in [-0.25, -0.2) is 0 Å². The minimum atomic E-state index is -1.72.